The molecule has 0 saturated heterocycles. The molecule has 2 aromatic heterocycles. The van der Waals surface area contributed by atoms with Crippen LogP contribution in [0.5, 0.6) is 5.75 Å². The first kappa shape index (κ1) is 25.6. The number of rotatable bonds is 7. The van der Waals surface area contributed by atoms with Crippen LogP contribution in [0.2, 0.25) is 0 Å². The Morgan fingerprint density at radius 3 is 2.51 bits per heavy atom. The predicted octanol–water partition coefficient (Wildman–Crippen LogP) is 4.84. The van der Waals surface area contributed by atoms with Crippen molar-refractivity contribution in [1.82, 2.24) is 14.3 Å². The molecular formula is C28H21F3N6O2. The van der Waals surface area contributed by atoms with Crippen LogP contribution in [0.3, 0.4) is 0 Å². The lowest BCUT2D eigenvalue weighted by atomic mass is 10.1. The van der Waals surface area contributed by atoms with Gasteiger partial charge < -0.3 is 10.8 Å². The van der Waals surface area contributed by atoms with Gasteiger partial charge in [-0.2, -0.15) is 5.10 Å². The van der Waals surface area contributed by atoms with Gasteiger partial charge in [0.1, 0.15) is 29.5 Å². The summed E-state index contributed by atoms with van der Waals surface area (Å²) in [5, 5.41) is 14.6. The summed E-state index contributed by atoms with van der Waals surface area (Å²) in [6.45, 7) is 3.17. The van der Waals surface area contributed by atoms with Gasteiger partial charge in [0.25, 0.3) is 5.56 Å². The number of nitrogens with two attached hydrogens (primary N) is 1. The second kappa shape index (κ2) is 10.4. The van der Waals surface area contributed by atoms with Gasteiger partial charge in [-0.05, 0) is 48.5 Å². The van der Waals surface area contributed by atoms with Crippen LogP contribution in [-0.2, 0) is 13.1 Å². The van der Waals surface area contributed by atoms with Crippen molar-refractivity contribution in [2.45, 2.75) is 13.1 Å². The highest BCUT2D eigenvalue weighted by Gasteiger charge is 2.22. The number of aromatic nitrogens is 3. The number of fused-ring (bicyclic) bond motifs is 1. The van der Waals surface area contributed by atoms with Gasteiger partial charge in [-0.3, -0.25) is 14.4 Å². The Kier molecular flexibility index (Phi) is 6.82. The van der Waals surface area contributed by atoms with E-state index < -0.39 is 23.0 Å². The van der Waals surface area contributed by atoms with E-state index in [0.717, 1.165) is 16.7 Å². The monoisotopic (exact) mass is 530 g/mol. The molecule has 3 aromatic carbocycles. The molecule has 0 amide bonds. The SMILES string of the molecule is C=N/C=N\c1c(CN)c(-c2cc(O)cc(F)c2)nn1Cc1cc2cccc(F)c2c(=O)n1-c1ccccc1F. The smallest absolute Gasteiger partial charge is 0.266 e. The topological polar surface area (TPSA) is 111 Å². The highest BCUT2D eigenvalue weighted by atomic mass is 19.1. The Labute approximate surface area is 219 Å². The minimum atomic E-state index is -0.759. The second-order valence-electron chi connectivity index (χ2n) is 8.57. The molecule has 0 aliphatic carbocycles. The van der Waals surface area contributed by atoms with Crippen molar-refractivity contribution in [3.63, 3.8) is 0 Å². The fraction of sp³-hybridized carbons (Fsp3) is 0.0714. The molecule has 0 spiro atoms. The Morgan fingerprint density at radius 1 is 1.03 bits per heavy atom. The summed E-state index contributed by atoms with van der Waals surface area (Å²) in [6, 6.07) is 14.8. The maximum absolute atomic E-state index is 14.9. The van der Waals surface area contributed by atoms with Crippen LogP contribution in [-0.4, -0.2) is 32.5 Å². The Bertz CT molecular complexity index is 1810. The molecule has 0 unspecified atom stereocenters. The quantitative estimate of drug-likeness (QED) is 0.232. The summed E-state index contributed by atoms with van der Waals surface area (Å²) in [4.78, 5) is 21.5. The van der Waals surface area contributed by atoms with Crippen molar-refractivity contribution >= 4 is 29.6 Å². The average Bonchev–Trinajstić information content (AvgIpc) is 3.24. The van der Waals surface area contributed by atoms with E-state index in [1.165, 1.54) is 47.4 Å². The molecular weight excluding hydrogens is 509 g/mol. The first-order valence-corrected chi connectivity index (χ1v) is 11.7. The molecule has 0 radical (unpaired) electrons. The number of halogens is 3. The number of phenols is 1. The third kappa shape index (κ3) is 4.71. The Balaban J connectivity index is 1.79. The van der Waals surface area contributed by atoms with Crippen molar-refractivity contribution in [2.75, 3.05) is 0 Å². The van der Waals surface area contributed by atoms with Crippen molar-refractivity contribution in [3.05, 3.63) is 106 Å². The summed E-state index contributed by atoms with van der Waals surface area (Å²) in [6.07, 6.45) is 1.17. The van der Waals surface area contributed by atoms with Crippen LogP contribution in [0, 0.1) is 17.5 Å². The highest BCUT2D eigenvalue weighted by molar-refractivity contribution is 5.83. The van der Waals surface area contributed by atoms with E-state index >= 15 is 0 Å². The average molecular weight is 531 g/mol. The Morgan fingerprint density at radius 2 is 1.79 bits per heavy atom. The van der Waals surface area contributed by atoms with Gasteiger partial charge >= 0.3 is 0 Å². The number of hydrogen-bond donors (Lipinski definition) is 2. The van der Waals surface area contributed by atoms with Gasteiger partial charge in [0.05, 0.1) is 23.3 Å². The van der Waals surface area contributed by atoms with E-state index in [-0.39, 0.29) is 52.7 Å². The number of benzene rings is 3. The molecule has 39 heavy (non-hydrogen) atoms. The van der Waals surface area contributed by atoms with Crippen molar-refractivity contribution in [3.8, 4) is 22.7 Å². The molecule has 0 aliphatic rings. The van der Waals surface area contributed by atoms with Gasteiger partial charge in [0.2, 0.25) is 0 Å². The lowest BCUT2D eigenvalue weighted by Gasteiger charge is -2.16. The van der Waals surface area contributed by atoms with Gasteiger partial charge in [-0.25, -0.2) is 22.8 Å². The van der Waals surface area contributed by atoms with Crippen molar-refractivity contribution in [1.29, 1.82) is 0 Å². The van der Waals surface area contributed by atoms with Gasteiger partial charge in [0, 0.05) is 29.4 Å². The number of nitrogens with zero attached hydrogens (tertiary/aromatic N) is 5. The molecule has 0 atom stereocenters. The molecule has 8 nitrogen and oxygen atoms in total. The molecule has 0 fully saturated rings. The summed E-state index contributed by atoms with van der Waals surface area (Å²) in [7, 11) is 0. The van der Waals surface area contributed by atoms with E-state index in [1.54, 1.807) is 18.2 Å². The molecule has 11 heteroatoms. The van der Waals surface area contributed by atoms with Crippen LogP contribution in [0.4, 0.5) is 19.0 Å². The third-order valence-electron chi connectivity index (χ3n) is 6.12. The van der Waals surface area contributed by atoms with Crippen molar-refractivity contribution < 1.29 is 18.3 Å². The molecule has 5 rings (SSSR count). The van der Waals surface area contributed by atoms with Crippen LogP contribution in [0.15, 0.2) is 81.5 Å². The minimum Gasteiger partial charge on any atom is -0.508 e. The fourth-order valence-electron chi connectivity index (χ4n) is 4.51. The second-order valence-corrected chi connectivity index (χ2v) is 8.57. The van der Waals surface area contributed by atoms with E-state index in [4.69, 9.17) is 5.73 Å². The first-order valence-electron chi connectivity index (χ1n) is 11.7. The number of aromatic hydroxyl groups is 1. The lowest BCUT2D eigenvalue weighted by Crippen LogP contribution is -2.25. The van der Waals surface area contributed by atoms with Crippen molar-refractivity contribution in [2.24, 2.45) is 15.7 Å². The summed E-state index contributed by atoms with van der Waals surface area (Å²) in [5.41, 5.74) is 6.30. The van der Waals surface area contributed by atoms with E-state index in [9.17, 15) is 23.1 Å². The normalized spacial score (nSPS) is 11.5. The predicted molar refractivity (Wildman–Crippen MR) is 143 cm³/mol. The van der Waals surface area contributed by atoms with E-state index in [0.29, 0.717) is 10.9 Å². The molecule has 196 valence electrons. The Hall–Kier alpha value is -5.03. The number of phenolic OH excluding ortho intramolecular Hbond substituents is 1. The molecule has 0 bridgehead atoms. The molecule has 0 saturated carbocycles. The standard InChI is InChI=1S/C28H21F3N6O2/c1-33-15-34-27-21(13-32)26(17-9-18(29)12-20(38)11-17)35-36(27)14-19-10-16-5-4-7-23(31)25(16)28(39)37(19)24-8-3-2-6-22(24)30/h2-12,15,38H,1,13-14,32H2/b34-15-. The number of hydrogen-bond acceptors (Lipinski definition) is 5. The van der Waals surface area contributed by atoms with Crippen LogP contribution in [0.1, 0.15) is 11.3 Å². The maximum Gasteiger partial charge on any atom is 0.266 e. The lowest BCUT2D eigenvalue weighted by molar-refractivity contribution is 0.469. The third-order valence-corrected chi connectivity index (χ3v) is 6.12. The molecule has 0 aliphatic heterocycles. The van der Waals surface area contributed by atoms with Gasteiger partial charge in [-0.1, -0.05) is 24.3 Å². The number of para-hydroxylation sites is 1. The summed E-state index contributed by atoms with van der Waals surface area (Å²) >= 11 is 0. The van der Waals surface area contributed by atoms with Gasteiger partial charge in [0.15, 0.2) is 5.82 Å². The molecule has 2 heterocycles. The van der Waals surface area contributed by atoms with Crippen LogP contribution < -0.4 is 11.3 Å². The molecule has 5 aromatic rings. The minimum absolute atomic E-state index is 0.0700. The van der Waals surface area contributed by atoms with Crippen LogP contribution in [0.25, 0.3) is 27.7 Å². The zero-order valence-corrected chi connectivity index (χ0v) is 20.4. The van der Waals surface area contributed by atoms with E-state index in [2.05, 4.69) is 21.8 Å². The summed E-state index contributed by atoms with van der Waals surface area (Å²) < 4.78 is 46.3. The maximum atomic E-state index is 14.9. The largest absolute Gasteiger partial charge is 0.508 e. The zero-order chi connectivity index (χ0) is 27.7. The zero-order valence-electron chi connectivity index (χ0n) is 20.4. The summed E-state index contributed by atoms with van der Waals surface area (Å²) in [5.74, 6) is -2.22. The number of pyridine rings is 1. The number of aliphatic imine (C=N–C) groups is 2. The fourth-order valence-corrected chi connectivity index (χ4v) is 4.51. The van der Waals surface area contributed by atoms with E-state index in [1.807, 2.05) is 0 Å². The molecule has 3 N–H and O–H groups in total. The van der Waals surface area contributed by atoms with Crippen LogP contribution >= 0.6 is 0 Å². The van der Waals surface area contributed by atoms with Gasteiger partial charge in [-0.15, -0.1) is 0 Å². The first-order chi connectivity index (χ1) is 18.8. The highest BCUT2D eigenvalue weighted by Crippen LogP contribution is 2.33.